The molecule has 0 fully saturated rings. The highest BCUT2D eigenvalue weighted by Gasteiger charge is 2.26. The van der Waals surface area contributed by atoms with E-state index in [4.69, 9.17) is 9.97 Å². The topological polar surface area (TPSA) is 25.8 Å². The van der Waals surface area contributed by atoms with Crippen LogP contribution < -0.4 is 0 Å². The van der Waals surface area contributed by atoms with Crippen molar-refractivity contribution >= 4 is 75.4 Å². The van der Waals surface area contributed by atoms with Crippen LogP contribution in [0.15, 0.2) is 194 Å². The van der Waals surface area contributed by atoms with E-state index >= 15 is 0 Å². The molecule has 12 rings (SSSR count). The lowest BCUT2D eigenvalue weighted by atomic mass is 9.77. The Hall–Kier alpha value is -7.24. The first kappa shape index (κ1) is 38.4. The maximum atomic E-state index is 5.10. The molecule has 12 aromatic rings. The summed E-state index contributed by atoms with van der Waals surface area (Å²) in [5.41, 5.74) is 16.7. The van der Waals surface area contributed by atoms with Gasteiger partial charge in [0.1, 0.15) is 10.0 Å². The van der Waals surface area contributed by atoms with Crippen molar-refractivity contribution in [2.75, 3.05) is 0 Å². The third-order valence-electron chi connectivity index (χ3n) is 12.9. The average molecular weight is 855 g/mol. The molecule has 4 heteroatoms. The molecule has 2 heterocycles. The molecule has 0 amide bonds. The van der Waals surface area contributed by atoms with Gasteiger partial charge in [-0.2, -0.15) is 0 Å². The van der Waals surface area contributed by atoms with Crippen LogP contribution in [-0.2, 0) is 12.8 Å². The number of thiazole rings is 2. The first-order valence-corrected chi connectivity index (χ1v) is 23.8. The van der Waals surface area contributed by atoms with Crippen LogP contribution in [0.1, 0.15) is 25.0 Å². The molecule has 64 heavy (non-hydrogen) atoms. The zero-order chi connectivity index (χ0) is 42.7. The predicted octanol–water partition coefficient (Wildman–Crippen LogP) is 17.5. The Kier molecular flexibility index (Phi) is 9.51. The van der Waals surface area contributed by atoms with Gasteiger partial charge >= 0.3 is 0 Å². The normalized spacial score (nSPS) is 11.7. The average Bonchev–Trinajstić information content (AvgIpc) is 4.00. The van der Waals surface area contributed by atoms with Crippen LogP contribution in [0, 0.1) is 0 Å². The van der Waals surface area contributed by atoms with E-state index in [1.54, 1.807) is 22.7 Å². The van der Waals surface area contributed by atoms with E-state index in [1.807, 2.05) is 0 Å². The lowest BCUT2D eigenvalue weighted by molar-refractivity contribution is 1.15. The highest BCUT2D eigenvalue weighted by molar-refractivity contribution is 7.22. The molecule has 0 unspecified atom stereocenters. The van der Waals surface area contributed by atoms with Gasteiger partial charge in [0.2, 0.25) is 0 Å². The largest absolute Gasteiger partial charge is 0.236 e. The van der Waals surface area contributed by atoms with E-state index < -0.39 is 0 Å². The maximum absolute atomic E-state index is 5.10. The molecule has 0 aliphatic carbocycles. The smallest absolute Gasteiger partial charge is 0.124 e. The van der Waals surface area contributed by atoms with Crippen molar-refractivity contribution in [2.24, 2.45) is 0 Å². The molecule has 0 saturated carbocycles. The van der Waals surface area contributed by atoms with Gasteiger partial charge in [-0.25, -0.2) is 9.97 Å². The number of fused-ring (bicyclic) bond motifs is 5. The summed E-state index contributed by atoms with van der Waals surface area (Å²) < 4.78 is 2.47. The standard InChI is InChI=1S/C60H42N2S2/c1-3-37-23-33-49-51(35-37)63-59(61-49)43-29-25-41(26-30-43)55-47-21-13-14-22-48(47)56(42-27-31-44(32-28-42)60-62-50-34-24-38(4-2)36-52(50)64-60)58-54(40-17-9-6-10-18-40)46-20-12-11-19-45(46)53(57(55)58)39-15-7-5-8-16-39/h5-36H,3-4H2,1-2H3. The highest BCUT2D eigenvalue weighted by Crippen LogP contribution is 2.54. The Morgan fingerprint density at radius 2 is 0.641 bits per heavy atom. The molecular weight excluding hydrogens is 813 g/mol. The fourth-order valence-electron chi connectivity index (χ4n) is 9.72. The van der Waals surface area contributed by atoms with E-state index in [9.17, 15) is 0 Å². The van der Waals surface area contributed by atoms with Crippen LogP contribution in [0.4, 0.5) is 0 Å². The molecule has 0 spiro atoms. The lowest BCUT2D eigenvalue weighted by Gasteiger charge is -2.25. The van der Waals surface area contributed by atoms with Crippen LogP contribution in [-0.4, -0.2) is 9.97 Å². The third kappa shape index (κ3) is 6.44. The number of nitrogens with zero attached hydrogens (tertiary/aromatic N) is 2. The molecular formula is C60H42N2S2. The molecule has 0 saturated heterocycles. The first-order valence-electron chi connectivity index (χ1n) is 22.2. The van der Waals surface area contributed by atoms with Crippen molar-refractivity contribution < 1.29 is 0 Å². The Bertz CT molecular complexity index is 3470. The molecule has 0 bridgehead atoms. The van der Waals surface area contributed by atoms with Crippen molar-refractivity contribution in [2.45, 2.75) is 26.7 Å². The van der Waals surface area contributed by atoms with Crippen LogP contribution in [0.5, 0.6) is 0 Å². The molecule has 0 radical (unpaired) electrons. The van der Waals surface area contributed by atoms with Gasteiger partial charge in [0.15, 0.2) is 0 Å². The third-order valence-corrected chi connectivity index (χ3v) is 15.0. The number of aryl methyl sites for hydroxylation is 2. The fraction of sp³-hybridized carbons (Fsp3) is 0.0667. The van der Waals surface area contributed by atoms with E-state index in [2.05, 4.69) is 208 Å². The monoisotopic (exact) mass is 854 g/mol. The number of aromatic nitrogens is 2. The van der Waals surface area contributed by atoms with Gasteiger partial charge in [-0.05, 0) is 125 Å². The van der Waals surface area contributed by atoms with Gasteiger partial charge in [0.25, 0.3) is 0 Å². The SMILES string of the molecule is CCc1ccc2nc(-c3ccc(-c4c5ccccc5c(-c5ccc(-c6nc7ccc(CC)cc7s6)cc5)c5c(-c6ccccc6)c6ccccc6c(-c6ccccc6)c45)cc3)sc2c1. The molecule has 0 aliphatic rings. The van der Waals surface area contributed by atoms with E-state index in [1.165, 1.54) is 97.4 Å². The molecule has 2 nitrogen and oxygen atoms in total. The molecule has 0 N–H and O–H groups in total. The Morgan fingerprint density at radius 1 is 0.328 bits per heavy atom. The van der Waals surface area contributed by atoms with Gasteiger partial charge < -0.3 is 0 Å². The molecule has 2 aromatic heterocycles. The number of hydrogen-bond acceptors (Lipinski definition) is 4. The summed E-state index contributed by atoms with van der Waals surface area (Å²) in [4.78, 5) is 10.2. The van der Waals surface area contributed by atoms with Crippen molar-refractivity contribution in [3.63, 3.8) is 0 Å². The number of hydrogen-bond donors (Lipinski definition) is 0. The highest BCUT2D eigenvalue weighted by atomic mass is 32.1. The summed E-state index contributed by atoms with van der Waals surface area (Å²) in [7, 11) is 0. The second-order valence-electron chi connectivity index (χ2n) is 16.6. The zero-order valence-corrected chi connectivity index (χ0v) is 37.2. The zero-order valence-electron chi connectivity index (χ0n) is 35.6. The predicted molar refractivity (Wildman–Crippen MR) is 277 cm³/mol. The minimum Gasteiger partial charge on any atom is -0.236 e. The van der Waals surface area contributed by atoms with Crippen molar-refractivity contribution in [3.8, 4) is 65.6 Å². The first-order chi connectivity index (χ1) is 31.6. The summed E-state index contributed by atoms with van der Waals surface area (Å²) >= 11 is 3.55. The number of rotatable bonds is 8. The summed E-state index contributed by atoms with van der Waals surface area (Å²) in [6.45, 7) is 4.41. The van der Waals surface area contributed by atoms with Gasteiger partial charge in [0.05, 0.1) is 20.4 Å². The fourth-order valence-corrected chi connectivity index (χ4v) is 11.8. The summed E-state index contributed by atoms with van der Waals surface area (Å²) in [5, 5.41) is 9.49. The van der Waals surface area contributed by atoms with Crippen molar-refractivity contribution in [1.82, 2.24) is 9.97 Å². The Balaban J connectivity index is 1.17. The van der Waals surface area contributed by atoms with E-state index in [-0.39, 0.29) is 0 Å². The second-order valence-corrected chi connectivity index (χ2v) is 18.6. The van der Waals surface area contributed by atoms with Crippen molar-refractivity contribution in [1.29, 1.82) is 0 Å². The van der Waals surface area contributed by atoms with Crippen LogP contribution in [0.25, 0.3) is 118 Å². The van der Waals surface area contributed by atoms with Crippen LogP contribution in [0.2, 0.25) is 0 Å². The van der Waals surface area contributed by atoms with Gasteiger partial charge in [-0.1, -0.05) is 184 Å². The Morgan fingerprint density at radius 3 is 0.984 bits per heavy atom. The van der Waals surface area contributed by atoms with E-state index in [0.29, 0.717) is 0 Å². The number of benzene rings is 10. The quantitative estimate of drug-likeness (QED) is 0.142. The van der Waals surface area contributed by atoms with Gasteiger partial charge in [-0.3, -0.25) is 0 Å². The summed E-state index contributed by atoms with van der Waals surface area (Å²) in [5.74, 6) is 0. The van der Waals surface area contributed by atoms with Crippen molar-refractivity contribution in [3.05, 3.63) is 205 Å². The molecule has 0 atom stereocenters. The lowest BCUT2D eigenvalue weighted by Crippen LogP contribution is -1.97. The minimum absolute atomic E-state index is 1.01. The van der Waals surface area contributed by atoms with E-state index in [0.717, 1.165) is 45.0 Å². The van der Waals surface area contributed by atoms with Gasteiger partial charge in [0, 0.05) is 11.1 Å². The summed E-state index contributed by atoms with van der Waals surface area (Å²) in [6.07, 6.45) is 2.03. The molecule has 10 aromatic carbocycles. The van der Waals surface area contributed by atoms with Gasteiger partial charge in [-0.15, -0.1) is 22.7 Å². The minimum atomic E-state index is 1.01. The summed E-state index contributed by atoms with van der Waals surface area (Å²) in [6, 6.07) is 71.8. The maximum Gasteiger partial charge on any atom is 0.124 e. The van der Waals surface area contributed by atoms with Crippen LogP contribution >= 0.6 is 22.7 Å². The van der Waals surface area contributed by atoms with Crippen LogP contribution in [0.3, 0.4) is 0 Å². The molecule has 0 aliphatic heterocycles. The second kappa shape index (κ2) is 15.8. The molecule has 304 valence electrons. The Labute approximate surface area is 380 Å².